The highest BCUT2D eigenvalue weighted by Crippen LogP contribution is 2.40. The van der Waals surface area contributed by atoms with E-state index in [0.29, 0.717) is 0 Å². The highest BCUT2D eigenvalue weighted by Gasteiger charge is 2.19. The maximum Gasteiger partial charge on any atom is 0.0462 e. The zero-order valence-corrected chi connectivity index (χ0v) is 31.8. The van der Waals surface area contributed by atoms with Gasteiger partial charge in [0.1, 0.15) is 0 Å². The molecule has 262 valence electrons. The van der Waals surface area contributed by atoms with Gasteiger partial charge in [-0.3, -0.25) is 0 Å². The van der Waals surface area contributed by atoms with Crippen molar-refractivity contribution >= 4 is 64.2 Å². The van der Waals surface area contributed by atoms with Crippen LogP contribution in [-0.2, 0) is 6.42 Å². The highest BCUT2D eigenvalue weighted by molar-refractivity contribution is 7.80. The lowest BCUT2D eigenvalue weighted by Crippen LogP contribution is -2.15. The monoisotopic (exact) mass is 713 g/mol. The molecule has 0 atom stereocenters. The normalized spacial score (nSPS) is 13.6. The molecule has 0 bridgehead atoms. The molecule has 2 aliphatic rings. The molecule has 0 N–H and O–H groups in total. The maximum absolute atomic E-state index is 4.79. The highest BCUT2D eigenvalue weighted by atomic mass is 32.1. The van der Waals surface area contributed by atoms with Crippen molar-refractivity contribution in [1.82, 2.24) is 0 Å². The molecule has 1 nitrogen and oxygen atoms in total. The quantitative estimate of drug-likeness (QED) is 0.109. The van der Waals surface area contributed by atoms with Crippen LogP contribution in [0.25, 0.3) is 51.3 Å². The molecule has 6 aromatic carbocycles. The second kappa shape index (κ2) is 15.1. The number of benzene rings is 6. The van der Waals surface area contributed by atoms with Gasteiger partial charge in [0.15, 0.2) is 0 Å². The molecule has 2 heteroatoms. The van der Waals surface area contributed by atoms with Crippen LogP contribution in [0.1, 0.15) is 50.9 Å². The molecule has 0 fully saturated rings. The Balaban J connectivity index is 1.14. The third-order valence-electron chi connectivity index (χ3n) is 10.9. The fourth-order valence-corrected chi connectivity index (χ4v) is 8.17. The minimum absolute atomic E-state index is 0.857. The molecule has 0 aliphatic heterocycles. The van der Waals surface area contributed by atoms with Gasteiger partial charge in [-0.2, -0.15) is 0 Å². The van der Waals surface area contributed by atoms with Crippen molar-refractivity contribution in [2.75, 3.05) is 4.90 Å². The predicted octanol–water partition coefficient (Wildman–Crippen LogP) is 14.4. The van der Waals surface area contributed by atoms with Crippen LogP contribution < -0.4 is 4.90 Å². The van der Waals surface area contributed by atoms with Crippen LogP contribution in [0, 0.1) is 13.8 Å². The van der Waals surface area contributed by atoms with Crippen LogP contribution in [0.15, 0.2) is 175 Å². The number of rotatable bonds is 10. The largest absolute Gasteiger partial charge is 0.311 e. The van der Waals surface area contributed by atoms with E-state index in [4.69, 9.17) is 12.6 Å². The average Bonchev–Trinajstić information content (AvgIpc) is 3.91. The van der Waals surface area contributed by atoms with E-state index in [-0.39, 0.29) is 0 Å². The lowest BCUT2D eigenvalue weighted by Gasteiger charge is -2.27. The van der Waals surface area contributed by atoms with Gasteiger partial charge < -0.3 is 4.90 Å². The predicted molar refractivity (Wildman–Crippen MR) is 238 cm³/mol. The number of hydrogen-bond donors (Lipinski definition) is 1. The zero-order valence-electron chi connectivity index (χ0n) is 30.9. The topological polar surface area (TPSA) is 3.24 Å². The molecular weight excluding hydrogens is 671 g/mol. The van der Waals surface area contributed by atoms with Gasteiger partial charge in [-0.05, 0) is 147 Å². The van der Waals surface area contributed by atoms with Crippen molar-refractivity contribution in [2.45, 2.75) is 31.6 Å². The molecular formula is C52H43NS. The Bertz CT molecular complexity index is 2580. The van der Waals surface area contributed by atoms with Crippen LogP contribution in [0.4, 0.5) is 11.4 Å². The summed E-state index contributed by atoms with van der Waals surface area (Å²) in [6.07, 6.45) is 21.2. The number of thiol groups is 1. The summed E-state index contributed by atoms with van der Waals surface area (Å²) in [5.41, 5.74) is 18.1. The van der Waals surface area contributed by atoms with Crippen molar-refractivity contribution in [3.63, 3.8) is 0 Å². The van der Waals surface area contributed by atoms with Crippen LogP contribution >= 0.6 is 12.6 Å². The van der Waals surface area contributed by atoms with Gasteiger partial charge in [0.05, 0.1) is 0 Å². The summed E-state index contributed by atoms with van der Waals surface area (Å²) in [7, 11) is 0. The fourth-order valence-electron chi connectivity index (χ4n) is 7.87. The van der Waals surface area contributed by atoms with Crippen molar-refractivity contribution < 1.29 is 0 Å². The summed E-state index contributed by atoms with van der Waals surface area (Å²) in [5, 5.41) is 2.49. The Hall–Kier alpha value is -6.09. The average molecular weight is 714 g/mol. The molecule has 0 saturated heterocycles. The first-order valence-electron chi connectivity index (χ1n) is 18.6. The van der Waals surface area contributed by atoms with Gasteiger partial charge in [0, 0.05) is 22.0 Å². The van der Waals surface area contributed by atoms with Gasteiger partial charge >= 0.3 is 0 Å². The van der Waals surface area contributed by atoms with Crippen LogP contribution in [0.3, 0.4) is 0 Å². The number of fused-ring (bicyclic) bond motifs is 2. The lowest BCUT2D eigenvalue weighted by molar-refractivity contribution is 1.20. The van der Waals surface area contributed by atoms with Gasteiger partial charge in [0.2, 0.25) is 0 Å². The maximum atomic E-state index is 4.79. The van der Waals surface area contributed by atoms with E-state index >= 15 is 0 Å². The third kappa shape index (κ3) is 6.66. The van der Waals surface area contributed by atoms with Crippen LogP contribution in [0.2, 0.25) is 0 Å². The molecule has 0 saturated carbocycles. The number of hydrogen-bond acceptors (Lipinski definition) is 2. The van der Waals surface area contributed by atoms with Crippen LogP contribution in [-0.4, -0.2) is 0 Å². The summed E-state index contributed by atoms with van der Waals surface area (Å²) in [5.74, 6) is 0. The first-order valence-corrected chi connectivity index (χ1v) is 19.0. The van der Waals surface area contributed by atoms with E-state index in [0.717, 1.165) is 34.8 Å². The molecule has 8 rings (SSSR count). The number of anilines is 2. The Morgan fingerprint density at radius 1 is 0.722 bits per heavy atom. The molecule has 0 spiro atoms. The van der Waals surface area contributed by atoms with E-state index in [1.165, 1.54) is 77.6 Å². The van der Waals surface area contributed by atoms with Crippen LogP contribution in [0.5, 0.6) is 0 Å². The Kier molecular flexibility index (Phi) is 9.78. The molecule has 0 aromatic heterocycles. The summed E-state index contributed by atoms with van der Waals surface area (Å²) >= 11 is 4.79. The smallest absolute Gasteiger partial charge is 0.0462 e. The van der Waals surface area contributed by atoms with E-state index in [2.05, 4.69) is 190 Å². The molecule has 2 aliphatic carbocycles. The summed E-state index contributed by atoms with van der Waals surface area (Å²) in [6.45, 7) is 12.5. The molecule has 0 amide bonds. The molecule has 0 radical (unpaired) electrons. The minimum atomic E-state index is 0.857. The Morgan fingerprint density at radius 2 is 1.43 bits per heavy atom. The van der Waals surface area contributed by atoms with Gasteiger partial charge in [-0.15, -0.1) is 12.6 Å². The summed E-state index contributed by atoms with van der Waals surface area (Å²) < 4.78 is 0. The molecule has 0 heterocycles. The van der Waals surface area contributed by atoms with Gasteiger partial charge in [-0.1, -0.05) is 141 Å². The van der Waals surface area contributed by atoms with Crippen molar-refractivity contribution in [3.05, 3.63) is 215 Å². The minimum Gasteiger partial charge on any atom is -0.311 e. The standard InChI is InChI=1S/C52H43NS/c1-5-12-44(30-25-40-15-9-14-38-16-10-19-48(38)40)53(46-31-26-41(27-32-46)50-20-11-17-39-13-7-8-18-49(39)50)45-28-23-37(24-29-45)42-21-22-43(33-42)51-34-52(54)36(4)35(3)47(51)6-2/h5-18,20-32,34,54H,1-2,19,33H2,3-4H3/b30-25?,44-12+. The fraction of sp³-hybridized carbons (Fsp3) is 0.0769. The number of allylic oxidation sites excluding steroid dienone is 8. The molecule has 6 aromatic rings. The van der Waals surface area contributed by atoms with E-state index in [1.54, 1.807) is 0 Å². The summed E-state index contributed by atoms with van der Waals surface area (Å²) in [6, 6.07) is 41.7. The van der Waals surface area contributed by atoms with Gasteiger partial charge in [-0.25, -0.2) is 0 Å². The first-order chi connectivity index (χ1) is 26.4. The Labute approximate surface area is 325 Å². The van der Waals surface area contributed by atoms with Gasteiger partial charge in [0.25, 0.3) is 0 Å². The van der Waals surface area contributed by atoms with E-state index < -0.39 is 0 Å². The van der Waals surface area contributed by atoms with E-state index in [9.17, 15) is 0 Å². The number of nitrogens with zero attached hydrogens (tertiary/aromatic N) is 1. The summed E-state index contributed by atoms with van der Waals surface area (Å²) in [4.78, 5) is 3.34. The second-order valence-electron chi connectivity index (χ2n) is 14.0. The van der Waals surface area contributed by atoms with Crippen molar-refractivity contribution in [1.29, 1.82) is 0 Å². The Morgan fingerprint density at radius 3 is 2.19 bits per heavy atom. The third-order valence-corrected chi connectivity index (χ3v) is 11.4. The zero-order chi connectivity index (χ0) is 37.2. The second-order valence-corrected chi connectivity index (χ2v) is 14.5. The lowest BCUT2D eigenvalue weighted by atomic mass is 9.91. The molecule has 54 heavy (non-hydrogen) atoms. The first kappa shape index (κ1) is 35.0. The molecule has 0 unspecified atom stereocenters. The van der Waals surface area contributed by atoms with Crippen molar-refractivity contribution in [2.24, 2.45) is 0 Å². The SMILES string of the molecule is C=C/C=C(\C=Cc1cccc2c1CC=C2)N(c1ccc(C2=CC=C(c3cc(S)c(C)c(C)c3C=C)C2)cc1)c1ccc(-c2cccc3ccccc23)cc1. The van der Waals surface area contributed by atoms with Crippen molar-refractivity contribution in [3.8, 4) is 11.1 Å². The van der Waals surface area contributed by atoms with E-state index in [1.807, 2.05) is 12.2 Å².